The van der Waals surface area contributed by atoms with Gasteiger partial charge in [-0.2, -0.15) is 5.26 Å². The average Bonchev–Trinajstić information content (AvgIpc) is 2.48. The quantitative estimate of drug-likeness (QED) is 0.803. The summed E-state index contributed by atoms with van der Waals surface area (Å²) >= 11 is 0. The SMILES string of the molecule is CCC(C#N)N1CCN(C(=O)C2CCCCCCC2)CC1. The molecular formula is C17H29N3O. The Bertz CT molecular complexity index is 361. The van der Waals surface area contributed by atoms with Crippen LogP contribution in [0.4, 0.5) is 0 Å². The van der Waals surface area contributed by atoms with E-state index in [4.69, 9.17) is 5.26 Å². The minimum Gasteiger partial charge on any atom is -0.340 e. The largest absolute Gasteiger partial charge is 0.340 e. The summed E-state index contributed by atoms with van der Waals surface area (Å²) in [5.74, 6) is 0.636. The molecule has 1 unspecified atom stereocenters. The van der Waals surface area contributed by atoms with E-state index in [1.54, 1.807) is 0 Å². The van der Waals surface area contributed by atoms with Gasteiger partial charge in [0.15, 0.2) is 0 Å². The first-order chi connectivity index (χ1) is 10.3. The number of nitriles is 1. The van der Waals surface area contributed by atoms with Crippen LogP contribution in [-0.2, 0) is 4.79 Å². The van der Waals surface area contributed by atoms with Crippen LogP contribution in [0.1, 0.15) is 58.3 Å². The fourth-order valence-electron chi connectivity index (χ4n) is 3.65. The van der Waals surface area contributed by atoms with Crippen LogP contribution in [0.5, 0.6) is 0 Å². The van der Waals surface area contributed by atoms with E-state index in [-0.39, 0.29) is 12.0 Å². The minimum absolute atomic E-state index is 0.0173. The van der Waals surface area contributed by atoms with Gasteiger partial charge >= 0.3 is 0 Å². The van der Waals surface area contributed by atoms with Crippen molar-refractivity contribution >= 4 is 5.91 Å². The Morgan fingerprint density at radius 3 is 2.19 bits per heavy atom. The molecule has 1 atom stereocenters. The zero-order valence-corrected chi connectivity index (χ0v) is 13.4. The van der Waals surface area contributed by atoms with Crippen molar-refractivity contribution in [2.75, 3.05) is 26.2 Å². The summed E-state index contributed by atoms with van der Waals surface area (Å²) in [5.41, 5.74) is 0. The third-order valence-corrected chi connectivity index (χ3v) is 5.06. The van der Waals surface area contributed by atoms with Crippen LogP contribution in [0.2, 0.25) is 0 Å². The van der Waals surface area contributed by atoms with E-state index in [0.29, 0.717) is 5.91 Å². The molecule has 0 aromatic heterocycles. The first kappa shape index (κ1) is 16.3. The molecule has 21 heavy (non-hydrogen) atoms. The van der Waals surface area contributed by atoms with E-state index >= 15 is 0 Å². The Labute approximate surface area is 129 Å². The molecule has 1 saturated heterocycles. The molecule has 0 aromatic rings. The van der Waals surface area contributed by atoms with Crippen molar-refractivity contribution in [1.82, 2.24) is 9.80 Å². The molecule has 0 radical (unpaired) electrons. The van der Waals surface area contributed by atoms with E-state index in [2.05, 4.69) is 17.9 Å². The van der Waals surface area contributed by atoms with Crippen molar-refractivity contribution in [3.63, 3.8) is 0 Å². The smallest absolute Gasteiger partial charge is 0.225 e. The molecule has 118 valence electrons. The van der Waals surface area contributed by atoms with Gasteiger partial charge in [0.2, 0.25) is 5.91 Å². The van der Waals surface area contributed by atoms with Gasteiger partial charge in [0.1, 0.15) is 0 Å². The highest BCUT2D eigenvalue weighted by Crippen LogP contribution is 2.24. The van der Waals surface area contributed by atoms with Crippen LogP contribution >= 0.6 is 0 Å². The molecule has 2 aliphatic rings. The number of carbonyl (C=O) groups is 1. The molecule has 0 aromatic carbocycles. The maximum Gasteiger partial charge on any atom is 0.225 e. The number of nitrogens with zero attached hydrogens (tertiary/aromatic N) is 3. The van der Waals surface area contributed by atoms with Crippen LogP contribution in [0, 0.1) is 17.2 Å². The molecular weight excluding hydrogens is 262 g/mol. The topological polar surface area (TPSA) is 47.3 Å². The van der Waals surface area contributed by atoms with Crippen LogP contribution < -0.4 is 0 Å². The number of piperazine rings is 1. The van der Waals surface area contributed by atoms with Crippen molar-refractivity contribution in [1.29, 1.82) is 5.26 Å². The normalized spacial score (nSPS) is 23.9. The molecule has 2 rings (SSSR count). The fraction of sp³-hybridized carbons (Fsp3) is 0.882. The second-order valence-electron chi connectivity index (χ2n) is 6.46. The van der Waals surface area contributed by atoms with E-state index in [1.807, 2.05) is 4.90 Å². The standard InChI is InChI=1S/C17H29N3O/c1-2-16(14-18)19-10-12-20(13-11-19)17(21)15-8-6-4-3-5-7-9-15/h15-16H,2-13H2,1H3. The minimum atomic E-state index is 0.0173. The van der Waals surface area contributed by atoms with Crippen LogP contribution in [-0.4, -0.2) is 47.9 Å². The van der Waals surface area contributed by atoms with Crippen molar-refractivity contribution in [2.45, 2.75) is 64.3 Å². The fourth-order valence-corrected chi connectivity index (χ4v) is 3.65. The van der Waals surface area contributed by atoms with Gasteiger partial charge in [0.05, 0.1) is 12.1 Å². The van der Waals surface area contributed by atoms with Gasteiger partial charge in [-0.3, -0.25) is 9.69 Å². The molecule has 1 aliphatic heterocycles. The lowest BCUT2D eigenvalue weighted by Crippen LogP contribution is -2.52. The van der Waals surface area contributed by atoms with Gasteiger partial charge in [-0.25, -0.2) is 0 Å². The molecule has 1 aliphatic carbocycles. The zero-order valence-electron chi connectivity index (χ0n) is 13.4. The Hall–Kier alpha value is -1.08. The highest BCUT2D eigenvalue weighted by molar-refractivity contribution is 5.79. The van der Waals surface area contributed by atoms with Crippen LogP contribution in [0.25, 0.3) is 0 Å². The Balaban J connectivity index is 1.83. The predicted octanol–water partition coefficient (Wildman–Crippen LogP) is 2.79. The number of carbonyl (C=O) groups excluding carboxylic acids is 1. The highest BCUT2D eigenvalue weighted by atomic mass is 16.2. The second kappa shape index (κ2) is 8.38. The van der Waals surface area contributed by atoms with E-state index in [1.165, 1.54) is 32.1 Å². The van der Waals surface area contributed by atoms with Crippen LogP contribution in [0.3, 0.4) is 0 Å². The number of hydrogen-bond acceptors (Lipinski definition) is 3. The lowest BCUT2D eigenvalue weighted by atomic mass is 9.90. The molecule has 0 spiro atoms. The van der Waals surface area contributed by atoms with Crippen LogP contribution in [0.15, 0.2) is 0 Å². The summed E-state index contributed by atoms with van der Waals surface area (Å²) in [6, 6.07) is 2.38. The summed E-state index contributed by atoms with van der Waals surface area (Å²) in [5, 5.41) is 9.14. The molecule has 1 saturated carbocycles. The first-order valence-electron chi connectivity index (χ1n) is 8.68. The van der Waals surface area contributed by atoms with Gasteiger partial charge < -0.3 is 4.90 Å². The average molecular weight is 291 g/mol. The Kier molecular flexibility index (Phi) is 6.50. The highest BCUT2D eigenvalue weighted by Gasteiger charge is 2.29. The summed E-state index contributed by atoms with van der Waals surface area (Å²) in [4.78, 5) is 16.9. The van der Waals surface area contributed by atoms with Gasteiger partial charge in [-0.15, -0.1) is 0 Å². The summed E-state index contributed by atoms with van der Waals surface area (Å²) < 4.78 is 0. The zero-order chi connectivity index (χ0) is 15.1. The van der Waals surface area contributed by atoms with Crippen molar-refractivity contribution in [3.8, 4) is 6.07 Å². The maximum absolute atomic E-state index is 12.7. The van der Waals surface area contributed by atoms with Crippen molar-refractivity contribution in [3.05, 3.63) is 0 Å². The third-order valence-electron chi connectivity index (χ3n) is 5.06. The molecule has 1 heterocycles. The molecule has 4 heteroatoms. The third kappa shape index (κ3) is 4.44. The van der Waals surface area contributed by atoms with E-state index < -0.39 is 0 Å². The van der Waals surface area contributed by atoms with E-state index in [9.17, 15) is 4.79 Å². The molecule has 0 bridgehead atoms. The monoisotopic (exact) mass is 291 g/mol. The van der Waals surface area contributed by atoms with Gasteiger partial charge in [-0.1, -0.05) is 39.0 Å². The lowest BCUT2D eigenvalue weighted by Gasteiger charge is -2.38. The molecule has 2 fully saturated rings. The maximum atomic E-state index is 12.7. The number of hydrogen-bond donors (Lipinski definition) is 0. The van der Waals surface area contributed by atoms with Crippen molar-refractivity contribution < 1.29 is 4.79 Å². The molecule has 4 nitrogen and oxygen atoms in total. The Morgan fingerprint density at radius 2 is 1.67 bits per heavy atom. The number of rotatable bonds is 3. The Morgan fingerprint density at radius 1 is 1.10 bits per heavy atom. The summed E-state index contributed by atoms with van der Waals surface area (Å²) in [7, 11) is 0. The van der Waals surface area contributed by atoms with Gasteiger partial charge in [0, 0.05) is 32.1 Å². The summed E-state index contributed by atoms with van der Waals surface area (Å²) in [6.45, 7) is 5.36. The van der Waals surface area contributed by atoms with Gasteiger partial charge in [-0.05, 0) is 19.3 Å². The molecule has 1 amide bonds. The van der Waals surface area contributed by atoms with E-state index in [0.717, 1.165) is 45.4 Å². The summed E-state index contributed by atoms with van der Waals surface area (Å²) in [6.07, 6.45) is 9.37. The molecule has 0 N–H and O–H groups in total. The second-order valence-corrected chi connectivity index (χ2v) is 6.46. The van der Waals surface area contributed by atoms with Gasteiger partial charge in [0.25, 0.3) is 0 Å². The first-order valence-corrected chi connectivity index (χ1v) is 8.68. The predicted molar refractivity (Wildman–Crippen MR) is 83.7 cm³/mol. The number of amides is 1. The van der Waals surface area contributed by atoms with Crippen molar-refractivity contribution in [2.24, 2.45) is 5.92 Å². The lowest BCUT2D eigenvalue weighted by molar-refractivity contribution is -0.138.